The molecule has 3 N–H and O–H groups in total. The minimum absolute atomic E-state index is 0.00401. The summed E-state index contributed by atoms with van der Waals surface area (Å²) in [6.45, 7) is 4.85. The maximum absolute atomic E-state index is 12.5. The van der Waals surface area contributed by atoms with Crippen molar-refractivity contribution in [2.75, 3.05) is 13.2 Å². The zero-order valence-corrected chi connectivity index (χ0v) is 52.1. The highest BCUT2D eigenvalue weighted by Gasteiger charge is 2.18. The van der Waals surface area contributed by atoms with Crippen molar-refractivity contribution in [3.05, 3.63) is 60.8 Å². The van der Waals surface area contributed by atoms with Crippen LogP contribution in [0.4, 0.5) is 0 Å². The molecule has 0 aromatic rings. The largest absolute Gasteiger partial charge is 0.466 e. The second-order valence-corrected chi connectivity index (χ2v) is 23.5. The lowest BCUT2D eigenvalue weighted by Crippen LogP contribution is -2.45. The Kier molecular flexibility index (Phi) is 65.0. The van der Waals surface area contributed by atoms with Crippen molar-refractivity contribution in [3.63, 3.8) is 0 Å². The first-order chi connectivity index (χ1) is 38.5. The van der Waals surface area contributed by atoms with Gasteiger partial charge >= 0.3 is 5.97 Å². The van der Waals surface area contributed by atoms with Crippen molar-refractivity contribution in [1.82, 2.24) is 5.32 Å². The van der Waals surface area contributed by atoms with E-state index in [0.29, 0.717) is 19.4 Å². The summed E-state index contributed by atoms with van der Waals surface area (Å²) in [5, 5.41) is 23.2. The normalized spacial score (nSPS) is 12.9. The predicted molar refractivity (Wildman–Crippen MR) is 342 cm³/mol. The van der Waals surface area contributed by atoms with Gasteiger partial charge in [0.1, 0.15) is 0 Å². The quantitative estimate of drug-likeness (QED) is 0.0320. The van der Waals surface area contributed by atoms with Crippen molar-refractivity contribution in [2.24, 2.45) is 0 Å². The summed E-state index contributed by atoms with van der Waals surface area (Å²) in [6, 6.07) is -0.630. The van der Waals surface area contributed by atoms with Gasteiger partial charge in [0, 0.05) is 12.8 Å². The van der Waals surface area contributed by atoms with Gasteiger partial charge in [-0.25, -0.2) is 0 Å². The number of allylic oxidation sites excluding steroid dienone is 9. The van der Waals surface area contributed by atoms with Gasteiger partial charge in [-0.05, 0) is 89.9 Å². The van der Waals surface area contributed by atoms with E-state index in [4.69, 9.17) is 4.74 Å². The highest BCUT2D eigenvalue weighted by Crippen LogP contribution is 2.18. The molecular formula is C72H133NO5. The first kappa shape index (κ1) is 75.6. The Balaban J connectivity index is 3.44. The summed E-state index contributed by atoms with van der Waals surface area (Å²) in [6.07, 6.45) is 88.6. The van der Waals surface area contributed by atoms with Crippen LogP contribution in [-0.2, 0) is 14.3 Å². The number of esters is 1. The van der Waals surface area contributed by atoms with Crippen LogP contribution in [0, 0.1) is 0 Å². The van der Waals surface area contributed by atoms with E-state index in [1.807, 2.05) is 6.08 Å². The molecule has 0 aliphatic rings. The zero-order chi connectivity index (χ0) is 56.4. The van der Waals surface area contributed by atoms with Crippen LogP contribution in [0.1, 0.15) is 361 Å². The Labute approximate surface area is 486 Å². The Hall–Kier alpha value is -2.44. The molecule has 6 nitrogen and oxygen atoms in total. The van der Waals surface area contributed by atoms with Crippen LogP contribution in [0.15, 0.2) is 60.8 Å². The van der Waals surface area contributed by atoms with Crippen LogP contribution >= 0.6 is 0 Å². The van der Waals surface area contributed by atoms with E-state index >= 15 is 0 Å². The Bertz CT molecular complexity index is 1350. The minimum Gasteiger partial charge on any atom is -0.466 e. The molecule has 0 saturated carbocycles. The van der Waals surface area contributed by atoms with E-state index in [2.05, 4.69) is 67.8 Å². The standard InChI is InChI=1S/C72H133NO5/c1-3-5-7-9-11-13-15-17-18-19-31-34-37-41-44-48-52-56-60-64-70(75)69(68-74)73-71(76)65-61-57-53-49-45-42-38-35-32-29-27-25-23-21-20-22-24-26-28-30-33-36-39-43-47-51-55-59-63-67-78-72(77)66-62-58-54-50-46-40-16-14-12-10-8-6-4-2/h8,10,14,16,20,22,26,28,60,64,69-70,74-75H,3-7,9,11-13,15,17-19,21,23-25,27,29-59,61-63,65-68H2,1-2H3,(H,73,76)/b10-8-,16-14-,22-20-,28-26-,64-60+. The fourth-order valence-corrected chi connectivity index (χ4v) is 10.5. The molecule has 0 spiro atoms. The second-order valence-electron chi connectivity index (χ2n) is 23.5. The lowest BCUT2D eigenvalue weighted by molar-refractivity contribution is -0.143. The van der Waals surface area contributed by atoms with Crippen LogP contribution in [0.2, 0.25) is 0 Å². The fourth-order valence-electron chi connectivity index (χ4n) is 10.5. The third kappa shape index (κ3) is 62.8. The number of carbonyl (C=O) groups is 2. The number of nitrogens with one attached hydrogen (secondary N) is 1. The molecule has 456 valence electrons. The van der Waals surface area contributed by atoms with Crippen molar-refractivity contribution in [3.8, 4) is 0 Å². The number of rotatable bonds is 64. The van der Waals surface area contributed by atoms with Gasteiger partial charge in [0.15, 0.2) is 0 Å². The molecule has 2 atom stereocenters. The number of aliphatic hydroxyl groups is 2. The van der Waals surface area contributed by atoms with E-state index in [0.717, 1.165) is 57.8 Å². The summed E-state index contributed by atoms with van der Waals surface area (Å²) < 4.78 is 5.47. The maximum Gasteiger partial charge on any atom is 0.305 e. The van der Waals surface area contributed by atoms with Gasteiger partial charge in [-0.1, -0.05) is 319 Å². The second kappa shape index (κ2) is 67.1. The number of hydrogen-bond acceptors (Lipinski definition) is 5. The third-order valence-corrected chi connectivity index (χ3v) is 15.7. The highest BCUT2D eigenvalue weighted by molar-refractivity contribution is 5.76. The summed E-state index contributed by atoms with van der Waals surface area (Å²) in [7, 11) is 0. The molecule has 0 radical (unpaired) electrons. The van der Waals surface area contributed by atoms with E-state index in [-0.39, 0.29) is 18.5 Å². The third-order valence-electron chi connectivity index (χ3n) is 15.7. The number of ether oxygens (including phenoxy) is 1. The molecule has 2 unspecified atom stereocenters. The van der Waals surface area contributed by atoms with Gasteiger partial charge in [0.05, 0.1) is 25.4 Å². The number of carbonyl (C=O) groups excluding carboxylic acids is 2. The Morgan fingerprint density at radius 2 is 0.667 bits per heavy atom. The maximum atomic E-state index is 12.5. The average Bonchev–Trinajstić information content (AvgIpc) is 3.44. The molecule has 1 amide bonds. The SMILES string of the molecule is CCC/C=C\C/C=C\CCCCCCCC(=O)OCCCCCCCCCCC/C=C\C/C=C\CCCCCCCCCCCCCCCC(=O)NC(CO)C(O)/C=C/CCCCCCCCCCCCCCCCCCC. The number of unbranched alkanes of at least 4 members (excludes halogenated alkanes) is 45. The van der Waals surface area contributed by atoms with Crippen molar-refractivity contribution in [2.45, 2.75) is 373 Å². The van der Waals surface area contributed by atoms with Crippen LogP contribution in [-0.4, -0.2) is 47.4 Å². The molecule has 0 heterocycles. The van der Waals surface area contributed by atoms with Gasteiger partial charge < -0.3 is 20.3 Å². The molecule has 0 bridgehead atoms. The molecule has 6 heteroatoms. The fraction of sp³-hybridized carbons (Fsp3) is 0.833. The van der Waals surface area contributed by atoms with Gasteiger partial charge in [-0.3, -0.25) is 9.59 Å². The summed E-state index contributed by atoms with van der Waals surface area (Å²) >= 11 is 0. The zero-order valence-electron chi connectivity index (χ0n) is 52.1. The molecule has 0 aliphatic carbocycles. The lowest BCUT2D eigenvalue weighted by atomic mass is 10.0. The van der Waals surface area contributed by atoms with Crippen molar-refractivity contribution < 1.29 is 24.5 Å². The molecule has 0 aliphatic heterocycles. The minimum atomic E-state index is -0.847. The number of aliphatic hydroxyl groups excluding tert-OH is 2. The Morgan fingerprint density at radius 1 is 0.359 bits per heavy atom. The summed E-state index contributed by atoms with van der Waals surface area (Å²) in [5.41, 5.74) is 0. The topological polar surface area (TPSA) is 95.9 Å². The van der Waals surface area contributed by atoms with E-state index < -0.39 is 12.1 Å². The van der Waals surface area contributed by atoms with Crippen LogP contribution < -0.4 is 5.32 Å². The van der Waals surface area contributed by atoms with E-state index in [1.165, 1.54) is 276 Å². The molecule has 78 heavy (non-hydrogen) atoms. The van der Waals surface area contributed by atoms with E-state index in [9.17, 15) is 19.8 Å². The van der Waals surface area contributed by atoms with Crippen LogP contribution in [0.3, 0.4) is 0 Å². The summed E-state index contributed by atoms with van der Waals surface area (Å²) in [4.78, 5) is 24.5. The van der Waals surface area contributed by atoms with Crippen molar-refractivity contribution >= 4 is 11.9 Å². The van der Waals surface area contributed by atoms with Crippen molar-refractivity contribution in [1.29, 1.82) is 0 Å². The van der Waals surface area contributed by atoms with Crippen LogP contribution in [0.25, 0.3) is 0 Å². The van der Waals surface area contributed by atoms with E-state index in [1.54, 1.807) is 6.08 Å². The van der Waals surface area contributed by atoms with Gasteiger partial charge in [0.2, 0.25) is 5.91 Å². The molecular weight excluding hydrogens is 959 g/mol. The molecule has 0 fully saturated rings. The average molecular weight is 1090 g/mol. The van der Waals surface area contributed by atoms with Gasteiger partial charge in [0.25, 0.3) is 0 Å². The van der Waals surface area contributed by atoms with Gasteiger partial charge in [-0.2, -0.15) is 0 Å². The monoisotopic (exact) mass is 1090 g/mol. The smallest absolute Gasteiger partial charge is 0.305 e. The molecule has 0 saturated heterocycles. The number of amides is 1. The summed E-state index contributed by atoms with van der Waals surface area (Å²) in [5.74, 6) is -0.0708. The first-order valence-corrected chi connectivity index (χ1v) is 34.6. The van der Waals surface area contributed by atoms with Crippen LogP contribution in [0.5, 0.6) is 0 Å². The highest BCUT2D eigenvalue weighted by atomic mass is 16.5. The first-order valence-electron chi connectivity index (χ1n) is 34.6. The molecule has 0 aromatic heterocycles. The van der Waals surface area contributed by atoms with Gasteiger partial charge in [-0.15, -0.1) is 0 Å². The lowest BCUT2D eigenvalue weighted by Gasteiger charge is -2.20. The molecule has 0 rings (SSSR count). The molecule has 0 aromatic carbocycles. The Morgan fingerprint density at radius 3 is 1.03 bits per heavy atom. The predicted octanol–water partition coefficient (Wildman–Crippen LogP) is 22.3. The number of hydrogen-bond donors (Lipinski definition) is 3.